The summed E-state index contributed by atoms with van der Waals surface area (Å²) in [5.41, 5.74) is 0.476. The molecule has 7 nitrogen and oxygen atoms in total. The van der Waals surface area contributed by atoms with Gasteiger partial charge in [0.15, 0.2) is 6.29 Å². The molecule has 0 bridgehead atoms. The molecule has 6 aliphatic rings. The summed E-state index contributed by atoms with van der Waals surface area (Å²) < 4.78 is 18.2. The summed E-state index contributed by atoms with van der Waals surface area (Å²) in [7, 11) is 0. The molecule has 41 heavy (non-hydrogen) atoms. The lowest BCUT2D eigenvalue weighted by Gasteiger charge is -2.63. The topological polar surface area (TPSA) is 102 Å². The van der Waals surface area contributed by atoms with Gasteiger partial charge in [0.25, 0.3) is 0 Å². The standard InChI is InChI=1S/C34H52O7/c1-20-16-21(17-29(2,3)38)40-27-26(20)31(6)12-13-34-19-33(34)11-10-24(41-25(18-36)39-15-14-35)30(4,5)22(33)8-9-23(34)32(31,7)28(27)37/h14,18,20-25,28,37-38H,8-13,15-17,19H2,1-7H3. The third-order valence-electron chi connectivity index (χ3n) is 13.7. The second-order valence-corrected chi connectivity index (χ2v) is 16.3. The average molecular weight is 573 g/mol. The molecule has 11 unspecified atom stereocenters. The summed E-state index contributed by atoms with van der Waals surface area (Å²) in [6.07, 6.45) is 8.51. The first kappa shape index (κ1) is 29.8. The van der Waals surface area contributed by atoms with Crippen molar-refractivity contribution in [2.75, 3.05) is 6.61 Å². The Balaban J connectivity index is 1.27. The van der Waals surface area contributed by atoms with Gasteiger partial charge in [-0.05, 0) is 105 Å². The summed E-state index contributed by atoms with van der Waals surface area (Å²) >= 11 is 0. The lowest BCUT2D eigenvalue weighted by atomic mass is 9.41. The van der Waals surface area contributed by atoms with Crippen LogP contribution in [0.5, 0.6) is 0 Å². The van der Waals surface area contributed by atoms with Crippen molar-refractivity contribution in [1.82, 2.24) is 0 Å². The molecule has 7 heteroatoms. The van der Waals surface area contributed by atoms with Gasteiger partial charge in [-0.2, -0.15) is 0 Å². The van der Waals surface area contributed by atoms with Crippen LogP contribution in [0.1, 0.15) is 106 Å². The van der Waals surface area contributed by atoms with Gasteiger partial charge >= 0.3 is 0 Å². The second-order valence-electron chi connectivity index (χ2n) is 16.3. The predicted octanol–water partition coefficient (Wildman–Crippen LogP) is 5.36. The maximum atomic E-state index is 12.2. The van der Waals surface area contributed by atoms with Crippen LogP contribution in [0.4, 0.5) is 0 Å². The van der Waals surface area contributed by atoms with E-state index in [4.69, 9.17) is 14.2 Å². The van der Waals surface area contributed by atoms with E-state index in [1.54, 1.807) is 0 Å². The van der Waals surface area contributed by atoms with Gasteiger partial charge in [-0.3, -0.25) is 4.79 Å². The molecule has 4 saturated carbocycles. The molecule has 230 valence electrons. The quantitative estimate of drug-likeness (QED) is 0.298. The highest BCUT2D eigenvalue weighted by atomic mass is 16.7. The number of ether oxygens (including phenoxy) is 3. The predicted molar refractivity (Wildman–Crippen MR) is 154 cm³/mol. The van der Waals surface area contributed by atoms with Gasteiger partial charge < -0.3 is 29.2 Å². The van der Waals surface area contributed by atoms with Gasteiger partial charge in [-0.15, -0.1) is 0 Å². The lowest BCUT2D eigenvalue weighted by molar-refractivity contribution is -0.222. The van der Waals surface area contributed by atoms with Crippen molar-refractivity contribution in [2.24, 2.45) is 44.8 Å². The monoisotopic (exact) mass is 572 g/mol. The molecule has 4 fully saturated rings. The number of aldehydes is 2. The molecule has 0 aromatic carbocycles. The van der Waals surface area contributed by atoms with E-state index in [2.05, 4.69) is 34.6 Å². The van der Waals surface area contributed by atoms with Crippen LogP contribution in [0, 0.1) is 44.8 Å². The van der Waals surface area contributed by atoms with Gasteiger partial charge in [0.2, 0.25) is 6.29 Å². The van der Waals surface area contributed by atoms with Gasteiger partial charge in [0.05, 0.1) is 11.7 Å². The van der Waals surface area contributed by atoms with Crippen molar-refractivity contribution in [3.8, 4) is 0 Å². The van der Waals surface area contributed by atoms with Gasteiger partial charge in [-0.25, -0.2) is 0 Å². The minimum atomic E-state index is -1.01. The Morgan fingerprint density at radius 1 is 1.05 bits per heavy atom. The molecule has 1 heterocycles. The molecular formula is C34H52O7. The number of rotatable bonds is 8. The van der Waals surface area contributed by atoms with Crippen LogP contribution in [0.15, 0.2) is 11.3 Å². The second kappa shape index (κ2) is 9.36. The molecule has 0 amide bonds. The van der Waals surface area contributed by atoms with Crippen LogP contribution in [0.3, 0.4) is 0 Å². The molecular weight excluding hydrogens is 520 g/mol. The third-order valence-corrected chi connectivity index (χ3v) is 13.7. The smallest absolute Gasteiger partial charge is 0.215 e. The number of aliphatic hydroxyl groups is 2. The van der Waals surface area contributed by atoms with Crippen LogP contribution in [0.25, 0.3) is 0 Å². The van der Waals surface area contributed by atoms with Crippen LogP contribution in [-0.2, 0) is 23.8 Å². The van der Waals surface area contributed by atoms with Gasteiger partial charge in [0, 0.05) is 17.3 Å². The first-order chi connectivity index (χ1) is 19.1. The zero-order chi connectivity index (χ0) is 29.8. The molecule has 2 spiro atoms. The summed E-state index contributed by atoms with van der Waals surface area (Å²) in [4.78, 5) is 22.4. The molecule has 1 aliphatic heterocycles. The van der Waals surface area contributed by atoms with E-state index >= 15 is 0 Å². The number of aliphatic hydroxyl groups excluding tert-OH is 1. The summed E-state index contributed by atoms with van der Waals surface area (Å²) in [5.74, 6) is 2.04. The van der Waals surface area contributed by atoms with E-state index in [1.807, 2.05) is 13.8 Å². The summed E-state index contributed by atoms with van der Waals surface area (Å²) in [6.45, 7) is 15.2. The van der Waals surface area contributed by atoms with Crippen LogP contribution >= 0.6 is 0 Å². The number of allylic oxidation sites excluding steroid dienone is 1. The van der Waals surface area contributed by atoms with E-state index in [9.17, 15) is 19.8 Å². The van der Waals surface area contributed by atoms with Crippen molar-refractivity contribution < 1.29 is 34.0 Å². The zero-order valence-corrected chi connectivity index (χ0v) is 26.2. The Morgan fingerprint density at radius 3 is 2.39 bits per heavy atom. The van der Waals surface area contributed by atoms with Crippen molar-refractivity contribution in [3.63, 3.8) is 0 Å². The van der Waals surface area contributed by atoms with Gasteiger partial charge in [-0.1, -0.05) is 34.6 Å². The Bertz CT molecular complexity index is 1120. The Kier molecular flexibility index (Phi) is 6.80. The molecule has 11 atom stereocenters. The largest absolute Gasteiger partial charge is 0.492 e. The van der Waals surface area contributed by atoms with Crippen LogP contribution in [-0.4, -0.2) is 59.6 Å². The van der Waals surface area contributed by atoms with E-state index in [1.165, 1.54) is 18.4 Å². The van der Waals surface area contributed by atoms with Crippen molar-refractivity contribution in [3.05, 3.63) is 11.3 Å². The summed E-state index contributed by atoms with van der Waals surface area (Å²) in [6, 6.07) is 0. The Morgan fingerprint density at radius 2 is 1.73 bits per heavy atom. The van der Waals surface area contributed by atoms with Crippen molar-refractivity contribution >= 4 is 12.6 Å². The fourth-order valence-corrected chi connectivity index (χ4v) is 12.0. The molecule has 0 aromatic rings. The number of hydrogen-bond donors (Lipinski definition) is 2. The average Bonchev–Trinajstić information content (AvgIpc) is 3.51. The maximum Gasteiger partial charge on any atom is 0.215 e. The molecule has 5 aliphatic carbocycles. The van der Waals surface area contributed by atoms with E-state index in [0.29, 0.717) is 36.7 Å². The first-order valence-corrected chi connectivity index (χ1v) is 16.1. The van der Waals surface area contributed by atoms with E-state index in [0.717, 1.165) is 44.3 Å². The first-order valence-electron chi connectivity index (χ1n) is 16.1. The van der Waals surface area contributed by atoms with E-state index in [-0.39, 0.29) is 45.9 Å². The van der Waals surface area contributed by atoms with Gasteiger partial charge in [0.1, 0.15) is 30.9 Å². The third kappa shape index (κ3) is 3.90. The Labute approximate surface area is 245 Å². The van der Waals surface area contributed by atoms with Crippen LogP contribution in [0.2, 0.25) is 0 Å². The minimum Gasteiger partial charge on any atom is -0.492 e. The fourth-order valence-electron chi connectivity index (χ4n) is 12.0. The van der Waals surface area contributed by atoms with Crippen molar-refractivity contribution in [1.29, 1.82) is 0 Å². The highest BCUT2D eigenvalue weighted by Crippen LogP contribution is 2.89. The highest BCUT2D eigenvalue weighted by Gasteiger charge is 2.83. The number of hydrogen-bond acceptors (Lipinski definition) is 7. The molecule has 2 N–H and O–H groups in total. The SMILES string of the molecule is CC1CC(CC(C)(C)O)OC2=C1C1(C)CCC34CC35CCC(OC(C=O)OCC=O)C(C)(C)C5CCC4C1(C)C2O. The molecule has 0 saturated heterocycles. The summed E-state index contributed by atoms with van der Waals surface area (Å²) in [5, 5.41) is 22.8. The van der Waals surface area contributed by atoms with Crippen LogP contribution < -0.4 is 0 Å². The fraction of sp³-hybridized carbons (Fsp3) is 0.882. The number of fused-ring (bicyclic) bond motifs is 3. The maximum absolute atomic E-state index is 12.2. The molecule has 0 radical (unpaired) electrons. The number of carbonyl (C=O) groups excluding carboxylic acids is 2. The Hall–Kier alpha value is -1.28. The highest BCUT2D eigenvalue weighted by molar-refractivity contribution is 5.55. The zero-order valence-electron chi connectivity index (χ0n) is 26.2. The van der Waals surface area contributed by atoms with Crippen molar-refractivity contribution in [2.45, 2.75) is 136 Å². The lowest BCUT2D eigenvalue weighted by Crippen LogP contribution is -2.60. The molecule has 6 rings (SSSR count). The van der Waals surface area contributed by atoms with E-state index < -0.39 is 18.0 Å². The normalized spacial score (nSPS) is 48.5. The molecule has 0 aromatic heterocycles. The minimum absolute atomic E-state index is 0.0792. The number of carbonyl (C=O) groups is 2.